The topological polar surface area (TPSA) is 84.9 Å². The van der Waals surface area contributed by atoms with Gasteiger partial charge in [-0.3, -0.25) is 9.10 Å². The summed E-state index contributed by atoms with van der Waals surface area (Å²) in [6.45, 7) is -0.0369. The van der Waals surface area contributed by atoms with Gasteiger partial charge in [0.25, 0.3) is 10.0 Å². The van der Waals surface area contributed by atoms with Crippen LogP contribution in [-0.2, 0) is 28.0 Å². The van der Waals surface area contributed by atoms with E-state index in [-0.39, 0.29) is 35.3 Å². The number of nitrogens with zero attached hydrogens (tertiary/aromatic N) is 1. The van der Waals surface area contributed by atoms with Gasteiger partial charge in [0.05, 0.1) is 17.7 Å². The van der Waals surface area contributed by atoms with Crippen molar-refractivity contribution in [3.05, 3.63) is 119 Å². The van der Waals surface area contributed by atoms with Gasteiger partial charge in [-0.2, -0.15) is 0 Å². The van der Waals surface area contributed by atoms with Crippen LogP contribution in [0.2, 0.25) is 5.02 Å². The molecule has 0 heterocycles. The van der Waals surface area contributed by atoms with Crippen LogP contribution < -0.4 is 19.1 Å². The minimum atomic E-state index is -4.12. The van der Waals surface area contributed by atoms with Crippen molar-refractivity contribution in [2.45, 2.75) is 18.0 Å². The van der Waals surface area contributed by atoms with Crippen molar-refractivity contribution >= 4 is 33.2 Å². The van der Waals surface area contributed by atoms with E-state index in [1.54, 1.807) is 66.7 Å². The van der Waals surface area contributed by atoms with Gasteiger partial charge in [-0.25, -0.2) is 12.8 Å². The summed E-state index contributed by atoms with van der Waals surface area (Å²) in [4.78, 5) is 13.0. The molecule has 0 aliphatic rings. The molecule has 4 rings (SSSR count). The summed E-state index contributed by atoms with van der Waals surface area (Å²) in [5, 5.41) is 3.06. The third-order valence-electron chi connectivity index (χ3n) is 5.76. The Bertz CT molecular complexity index is 1520. The SMILES string of the molecule is COc1ccc(Cl)cc1N(CC(=O)NCc1ccc(OCc2ccc(F)cc2)cc1)S(=O)(=O)c1ccccc1. The summed E-state index contributed by atoms with van der Waals surface area (Å²) in [7, 11) is -2.71. The number of anilines is 1. The first-order chi connectivity index (χ1) is 18.8. The molecule has 0 fully saturated rings. The Morgan fingerprint density at radius 1 is 0.923 bits per heavy atom. The van der Waals surface area contributed by atoms with E-state index >= 15 is 0 Å². The molecule has 0 spiro atoms. The average molecular weight is 569 g/mol. The second kappa shape index (κ2) is 12.6. The highest BCUT2D eigenvalue weighted by atomic mass is 35.5. The van der Waals surface area contributed by atoms with Crippen molar-refractivity contribution in [2.75, 3.05) is 18.0 Å². The number of ether oxygens (including phenoxy) is 2. The van der Waals surface area contributed by atoms with Crippen molar-refractivity contribution < 1.29 is 27.1 Å². The minimum Gasteiger partial charge on any atom is -0.495 e. The number of amides is 1. The summed E-state index contributed by atoms with van der Waals surface area (Å²) in [5.41, 5.74) is 1.76. The Balaban J connectivity index is 1.44. The van der Waals surface area contributed by atoms with Crippen LogP contribution >= 0.6 is 11.6 Å². The highest BCUT2D eigenvalue weighted by Gasteiger charge is 2.29. The van der Waals surface area contributed by atoms with E-state index in [1.807, 2.05) is 0 Å². The van der Waals surface area contributed by atoms with Crippen molar-refractivity contribution in [2.24, 2.45) is 0 Å². The summed E-state index contributed by atoms with van der Waals surface area (Å²) < 4.78 is 52.2. The number of hydrogen-bond acceptors (Lipinski definition) is 5. The molecule has 4 aromatic rings. The highest BCUT2D eigenvalue weighted by Crippen LogP contribution is 2.34. The molecule has 0 aliphatic carbocycles. The molecule has 0 saturated carbocycles. The lowest BCUT2D eigenvalue weighted by molar-refractivity contribution is -0.119. The molecule has 0 saturated heterocycles. The van der Waals surface area contributed by atoms with Gasteiger partial charge in [0.2, 0.25) is 5.91 Å². The number of hydrogen-bond donors (Lipinski definition) is 1. The summed E-state index contributed by atoms with van der Waals surface area (Å²) in [5.74, 6) is 0.0383. The van der Waals surface area contributed by atoms with E-state index in [1.165, 1.54) is 37.4 Å². The van der Waals surface area contributed by atoms with Gasteiger partial charge in [0.15, 0.2) is 0 Å². The fourth-order valence-electron chi connectivity index (χ4n) is 3.72. The van der Waals surface area contributed by atoms with E-state index in [9.17, 15) is 17.6 Å². The highest BCUT2D eigenvalue weighted by molar-refractivity contribution is 7.92. The standard InChI is InChI=1S/C29H26ClFN2O5S/c1-37-28-16-11-23(30)17-27(28)33(39(35,36)26-5-3-2-4-6-26)19-29(34)32-18-21-9-14-25(15-10-21)38-20-22-7-12-24(31)13-8-22/h2-17H,18-20H2,1H3,(H,32,34). The molecule has 202 valence electrons. The number of carbonyl (C=O) groups excluding carboxylic acids is 1. The predicted octanol–water partition coefficient (Wildman–Crippen LogP) is 5.58. The monoisotopic (exact) mass is 568 g/mol. The summed E-state index contributed by atoms with van der Waals surface area (Å²) in [6, 6.07) is 25.5. The zero-order valence-electron chi connectivity index (χ0n) is 21.0. The van der Waals surface area contributed by atoms with E-state index in [0.29, 0.717) is 10.8 Å². The molecule has 10 heteroatoms. The molecular formula is C29H26ClFN2O5S. The molecule has 4 aromatic carbocycles. The largest absolute Gasteiger partial charge is 0.495 e. The number of sulfonamides is 1. The third kappa shape index (κ3) is 7.28. The van der Waals surface area contributed by atoms with Crippen LogP contribution in [0.5, 0.6) is 11.5 Å². The van der Waals surface area contributed by atoms with Crippen LogP contribution in [0.25, 0.3) is 0 Å². The number of carbonyl (C=O) groups is 1. The van der Waals surface area contributed by atoms with Crippen LogP contribution in [0.4, 0.5) is 10.1 Å². The molecule has 7 nitrogen and oxygen atoms in total. The van der Waals surface area contributed by atoms with Gasteiger partial charge >= 0.3 is 0 Å². The molecule has 0 unspecified atom stereocenters. The van der Waals surface area contributed by atoms with Gasteiger partial charge in [-0.05, 0) is 65.7 Å². The molecule has 1 amide bonds. The summed E-state index contributed by atoms with van der Waals surface area (Å²) in [6.07, 6.45) is 0. The van der Waals surface area contributed by atoms with Crippen molar-refractivity contribution in [1.29, 1.82) is 0 Å². The maximum atomic E-state index is 13.6. The normalized spacial score (nSPS) is 11.1. The molecule has 0 aliphatic heterocycles. The van der Waals surface area contributed by atoms with E-state index in [0.717, 1.165) is 15.4 Å². The van der Waals surface area contributed by atoms with E-state index in [2.05, 4.69) is 5.32 Å². The number of benzene rings is 4. The Kier molecular flexibility index (Phi) is 9.06. The fraction of sp³-hybridized carbons (Fsp3) is 0.138. The van der Waals surface area contributed by atoms with Gasteiger partial charge in [0.1, 0.15) is 30.5 Å². The number of nitrogens with one attached hydrogen (secondary N) is 1. The second-order valence-electron chi connectivity index (χ2n) is 8.48. The Morgan fingerprint density at radius 2 is 1.59 bits per heavy atom. The van der Waals surface area contributed by atoms with Crippen LogP contribution in [0.15, 0.2) is 102 Å². The molecule has 0 bridgehead atoms. The maximum Gasteiger partial charge on any atom is 0.264 e. The first kappa shape index (κ1) is 27.9. The first-order valence-corrected chi connectivity index (χ1v) is 13.7. The van der Waals surface area contributed by atoms with Crippen molar-refractivity contribution in [3.8, 4) is 11.5 Å². The second-order valence-corrected chi connectivity index (χ2v) is 10.8. The average Bonchev–Trinajstić information content (AvgIpc) is 2.95. The Labute approximate surface area is 231 Å². The zero-order valence-corrected chi connectivity index (χ0v) is 22.6. The zero-order chi connectivity index (χ0) is 27.8. The quantitative estimate of drug-likeness (QED) is 0.255. The van der Waals surface area contributed by atoms with Gasteiger partial charge in [-0.15, -0.1) is 0 Å². The van der Waals surface area contributed by atoms with Gasteiger partial charge < -0.3 is 14.8 Å². The fourth-order valence-corrected chi connectivity index (χ4v) is 5.33. The minimum absolute atomic E-state index is 0.0241. The van der Waals surface area contributed by atoms with Crippen LogP contribution in [0, 0.1) is 5.82 Å². The number of halogens is 2. The van der Waals surface area contributed by atoms with E-state index < -0.39 is 22.5 Å². The van der Waals surface area contributed by atoms with Crippen LogP contribution in [0.3, 0.4) is 0 Å². The summed E-state index contributed by atoms with van der Waals surface area (Å²) >= 11 is 6.17. The maximum absolute atomic E-state index is 13.6. The Morgan fingerprint density at radius 3 is 2.26 bits per heavy atom. The number of rotatable bonds is 11. The van der Waals surface area contributed by atoms with Crippen LogP contribution in [0.1, 0.15) is 11.1 Å². The molecule has 0 radical (unpaired) electrons. The molecule has 0 atom stereocenters. The molecule has 39 heavy (non-hydrogen) atoms. The van der Waals surface area contributed by atoms with Gasteiger partial charge in [0, 0.05) is 11.6 Å². The number of methoxy groups -OCH3 is 1. The Hall–Kier alpha value is -4.08. The van der Waals surface area contributed by atoms with Gasteiger partial charge in [-0.1, -0.05) is 54.1 Å². The van der Waals surface area contributed by atoms with Crippen molar-refractivity contribution in [3.63, 3.8) is 0 Å². The third-order valence-corrected chi connectivity index (χ3v) is 7.77. The smallest absolute Gasteiger partial charge is 0.264 e. The molecular weight excluding hydrogens is 543 g/mol. The predicted molar refractivity (Wildman–Crippen MR) is 148 cm³/mol. The lowest BCUT2D eigenvalue weighted by Gasteiger charge is -2.26. The lowest BCUT2D eigenvalue weighted by Crippen LogP contribution is -2.40. The molecule has 0 aromatic heterocycles. The lowest BCUT2D eigenvalue weighted by atomic mass is 10.2. The molecule has 1 N–H and O–H groups in total. The van der Waals surface area contributed by atoms with Crippen LogP contribution in [-0.4, -0.2) is 28.0 Å². The van der Waals surface area contributed by atoms with E-state index in [4.69, 9.17) is 21.1 Å². The first-order valence-electron chi connectivity index (χ1n) is 11.9. The van der Waals surface area contributed by atoms with Crippen molar-refractivity contribution in [1.82, 2.24) is 5.32 Å².